The van der Waals surface area contributed by atoms with Crippen LogP contribution in [-0.4, -0.2) is 36.2 Å². The molecule has 6 nitrogen and oxygen atoms in total. The molecule has 1 saturated carbocycles. The lowest BCUT2D eigenvalue weighted by molar-refractivity contribution is -0.159. The van der Waals surface area contributed by atoms with E-state index in [1.165, 1.54) is 0 Å². The van der Waals surface area contributed by atoms with E-state index in [0.29, 0.717) is 38.5 Å². The molecule has 0 bridgehead atoms. The number of nitrogens with two attached hydrogens (primary N) is 2. The number of hydrogen-bond donors (Lipinski definition) is 2. The van der Waals surface area contributed by atoms with E-state index in [4.69, 9.17) is 20.9 Å². The van der Waals surface area contributed by atoms with Crippen LogP contribution in [0.2, 0.25) is 0 Å². The molecule has 2 unspecified atom stereocenters. The highest BCUT2D eigenvalue weighted by atomic mass is 16.6. The number of rotatable bonds is 8. The second kappa shape index (κ2) is 10.9. The Labute approximate surface area is 177 Å². The molecule has 0 aromatic heterocycles. The van der Waals surface area contributed by atoms with Crippen molar-refractivity contribution < 1.29 is 19.1 Å². The summed E-state index contributed by atoms with van der Waals surface area (Å²) in [6, 6.07) is 17.9. The molecule has 2 aromatic carbocycles. The molecule has 0 amide bonds. The first-order chi connectivity index (χ1) is 14.5. The third-order valence-electron chi connectivity index (χ3n) is 5.39. The second-order valence-electron chi connectivity index (χ2n) is 7.86. The van der Waals surface area contributed by atoms with Gasteiger partial charge in [0, 0.05) is 0 Å². The van der Waals surface area contributed by atoms with E-state index in [-0.39, 0.29) is 24.1 Å². The van der Waals surface area contributed by atoms with Gasteiger partial charge in [0.2, 0.25) is 0 Å². The maximum Gasteiger partial charge on any atom is 0.323 e. The highest BCUT2D eigenvalue weighted by molar-refractivity contribution is 5.76. The van der Waals surface area contributed by atoms with Crippen LogP contribution in [0, 0.1) is 0 Å². The largest absolute Gasteiger partial charge is 0.461 e. The number of benzene rings is 2. The lowest BCUT2D eigenvalue weighted by Gasteiger charge is -2.29. The van der Waals surface area contributed by atoms with Gasteiger partial charge in [-0.25, -0.2) is 0 Å². The molecule has 4 N–H and O–H groups in total. The normalized spacial score (nSPS) is 20.7. The minimum atomic E-state index is -0.682. The van der Waals surface area contributed by atoms with Crippen LogP contribution in [0.1, 0.15) is 36.8 Å². The van der Waals surface area contributed by atoms with Gasteiger partial charge in [-0.3, -0.25) is 9.59 Å². The molecule has 30 heavy (non-hydrogen) atoms. The number of carbonyl (C=O) groups excluding carboxylic acids is 2. The van der Waals surface area contributed by atoms with Gasteiger partial charge in [0.1, 0.15) is 24.3 Å². The highest BCUT2D eigenvalue weighted by Crippen LogP contribution is 2.24. The van der Waals surface area contributed by atoms with Crippen molar-refractivity contribution in [3.63, 3.8) is 0 Å². The van der Waals surface area contributed by atoms with Crippen molar-refractivity contribution in [3.05, 3.63) is 71.8 Å². The zero-order chi connectivity index (χ0) is 21.3. The van der Waals surface area contributed by atoms with Crippen molar-refractivity contribution in [2.45, 2.75) is 62.8 Å². The van der Waals surface area contributed by atoms with Gasteiger partial charge in [-0.1, -0.05) is 60.7 Å². The Morgan fingerprint density at radius 1 is 0.700 bits per heavy atom. The lowest BCUT2D eigenvalue weighted by Crippen LogP contribution is -2.40. The third-order valence-corrected chi connectivity index (χ3v) is 5.39. The SMILES string of the molecule is NC(Cc1ccccc1)C(=O)OC1CCC(OC(=O)C(N)Cc2ccccc2)CC1. The van der Waals surface area contributed by atoms with Crippen LogP contribution in [0.5, 0.6) is 0 Å². The van der Waals surface area contributed by atoms with Crippen molar-refractivity contribution >= 4 is 11.9 Å². The lowest BCUT2D eigenvalue weighted by atomic mass is 9.94. The van der Waals surface area contributed by atoms with Crippen LogP contribution in [0.4, 0.5) is 0 Å². The monoisotopic (exact) mass is 410 g/mol. The summed E-state index contributed by atoms with van der Waals surface area (Å²) in [6.07, 6.45) is 3.12. The Kier molecular flexibility index (Phi) is 7.99. The Bertz CT molecular complexity index is 735. The molecule has 1 fully saturated rings. The van der Waals surface area contributed by atoms with E-state index in [1.807, 2.05) is 60.7 Å². The van der Waals surface area contributed by atoms with E-state index in [2.05, 4.69) is 0 Å². The van der Waals surface area contributed by atoms with E-state index in [1.54, 1.807) is 0 Å². The smallest absolute Gasteiger partial charge is 0.323 e. The van der Waals surface area contributed by atoms with E-state index >= 15 is 0 Å². The summed E-state index contributed by atoms with van der Waals surface area (Å²) < 4.78 is 11.2. The molecule has 0 radical (unpaired) electrons. The minimum absolute atomic E-state index is 0.188. The minimum Gasteiger partial charge on any atom is -0.461 e. The van der Waals surface area contributed by atoms with Crippen molar-refractivity contribution in [1.82, 2.24) is 0 Å². The average Bonchev–Trinajstić information content (AvgIpc) is 2.76. The van der Waals surface area contributed by atoms with Gasteiger partial charge in [0.25, 0.3) is 0 Å². The van der Waals surface area contributed by atoms with Crippen molar-refractivity contribution in [3.8, 4) is 0 Å². The van der Waals surface area contributed by atoms with Crippen molar-refractivity contribution in [1.29, 1.82) is 0 Å². The highest BCUT2D eigenvalue weighted by Gasteiger charge is 2.29. The van der Waals surface area contributed by atoms with Gasteiger partial charge in [-0.2, -0.15) is 0 Å². The molecule has 2 atom stereocenters. The third kappa shape index (κ3) is 6.68. The fourth-order valence-electron chi connectivity index (χ4n) is 3.67. The molecule has 0 spiro atoms. The molecule has 2 aromatic rings. The average molecular weight is 411 g/mol. The number of hydrogen-bond acceptors (Lipinski definition) is 6. The molecular formula is C24H30N2O4. The number of carbonyl (C=O) groups is 2. The first kappa shape index (κ1) is 22.0. The summed E-state index contributed by atoms with van der Waals surface area (Å²) in [4.78, 5) is 24.6. The Morgan fingerprint density at radius 2 is 1.03 bits per heavy atom. The Hall–Kier alpha value is -2.70. The topological polar surface area (TPSA) is 105 Å². The molecule has 6 heteroatoms. The summed E-state index contributed by atoms with van der Waals surface area (Å²) in [6.45, 7) is 0. The van der Waals surface area contributed by atoms with Crippen molar-refractivity contribution in [2.24, 2.45) is 11.5 Å². The van der Waals surface area contributed by atoms with Gasteiger partial charge < -0.3 is 20.9 Å². The van der Waals surface area contributed by atoms with Crippen LogP contribution in [0.3, 0.4) is 0 Å². The molecule has 160 valence electrons. The van der Waals surface area contributed by atoms with Gasteiger partial charge in [0.15, 0.2) is 0 Å². The molecule has 0 saturated heterocycles. The molecule has 0 heterocycles. The summed E-state index contributed by atoms with van der Waals surface area (Å²) in [5, 5.41) is 0. The van der Waals surface area contributed by atoms with Gasteiger partial charge in [-0.05, 0) is 49.7 Å². The molecular weight excluding hydrogens is 380 g/mol. The molecule has 3 rings (SSSR count). The summed E-state index contributed by atoms with van der Waals surface area (Å²) in [7, 11) is 0. The van der Waals surface area contributed by atoms with Crippen LogP contribution in [-0.2, 0) is 31.9 Å². The fourth-order valence-corrected chi connectivity index (χ4v) is 3.67. The number of esters is 2. The fraction of sp³-hybridized carbons (Fsp3) is 0.417. The predicted molar refractivity (Wildman–Crippen MR) is 114 cm³/mol. The van der Waals surface area contributed by atoms with E-state index in [9.17, 15) is 9.59 Å². The molecule has 1 aliphatic carbocycles. The van der Waals surface area contributed by atoms with Gasteiger partial charge in [0.05, 0.1) is 0 Å². The van der Waals surface area contributed by atoms with E-state index in [0.717, 1.165) is 11.1 Å². The predicted octanol–water partition coefficient (Wildman–Crippen LogP) is 2.52. The second-order valence-corrected chi connectivity index (χ2v) is 7.86. The van der Waals surface area contributed by atoms with Gasteiger partial charge >= 0.3 is 11.9 Å². The van der Waals surface area contributed by atoms with Crippen LogP contribution in [0.25, 0.3) is 0 Å². The van der Waals surface area contributed by atoms with Gasteiger partial charge in [-0.15, -0.1) is 0 Å². The van der Waals surface area contributed by atoms with E-state index < -0.39 is 12.1 Å². The first-order valence-corrected chi connectivity index (χ1v) is 10.5. The summed E-state index contributed by atoms with van der Waals surface area (Å²) >= 11 is 0. The summed E-state index contributed by atoms with van der Waals surface area (Å²) in [5.41, 5.74) is 14.0. The molecule has 1 aliphatic rings. The van der Waals surface area contributed by atoms with Crippen molar-refractivity contribution in [2.75, 3.05) is 0 Å². The quantitative estimate of drug-likeness (QED) is 0.648. The summed E-state index contributed by atoms with van der Waals surface area (Å²) in [5.74, 6) is -0.770. The zero-order valence-corrected chi connectivity index (χ0v) is 17.1. The standard InChI is InChI=1S/C24H30N2O4/c25-21(15-17-7-3-1-4-8-17)23(27)29-19-11-13-20(14-12-19)30-24(28)22(26)16-18-9-5-2-6-10-18/h1-10,19-22H,11-16,25-26H2. The number of ether oxygens (including phenoxy) is 2. The van der Waals surface area contributed by atoms with Crippen LogP contribution in [0.15, 0.2) is 60.7 Å². The molecule has 0 aliphatic heterocycles. The Balaban J connectivity index is 1.38. The maximum absolute atomic E-state index is 12.3. The first-order valence-electron chi connectivity index (χ1n) is 10.5. The zero-order valence-electron chi connectivity index (χ0n) is 17.1. The Morgan fingerprint density at radius 3 is 1.37 bits per heavy atom. The van der Waals surface area contributed by atoms with Crippen LogP contribution >= 0.6 is 0 Å². The van der Waals surface area contributed by atoms with Crippen LogP contribution < -0.4 is 11.5 Å². The maximum atomic E-state index is 12.3.